The molecule has 0 amide bonds. The summed E-state index contributed by atoms with van der Waals surface area (Å²) < 4.78 is 34.4. The number of unbranched alkanes of at least 4 members (excludes halogenated alkanes) is 31. The number of allylic oxidation sites excluding steroid dienone is 4. The third-order valence-corrected chi connectivity index (χ3v) is 12.7. The third-order valence-electron chi connectivity index (χ3n) is 11.7. The minimum atomic E-state index is -4.38. The average Bonchev–Trinajstić information content (AvgIpc) is 3.24. The first-order valence-corrected chi connectivity index (χ1v) is 28.1. The van der Waals surface area contributed by atoms with Crippen LogP contribution in [0.5, 0.6) is 0 Å². The number of quaternary nitrogens is 1. The van der Waals surface area contributed by atoms with Crippen LogP contribution in [0.15, 0.2) is 24.3 Å². The maximum absolute atomic E-state index is 12.7. The van der Waals surface area contributed by atoms with Gasteiger partial charge in [-0.2, -0.15) is 0 Å². The molecule has 0 fully saturated rings. The van der Waals surface area contributed by atoms with Crippen molar-refractivity contribution in [2.45, 2.75) is 258 Å². The van der Waals surface area contributed by atoms with Crippen LogP contribution in [0, 0.1) is 0 Å². The number of ether oxygens (including phenoxy) is 2. The Labute approximate surface area is 389 Å². The normalized spacial score (nSPS) is 13.6. The molecule has 0 rings (SSSR count). The fourth-order valence-corrected chi connectivity index (χ4v) is 8.30. The SMILES string of the molecule is CCCC/C=C\C/C=C\CCCCCCCC(=O)OC(COC(=O)CCCCCCCCCCCCCCCCCCCCCCCCCCC)COP(=O)(O)OCC[N+](C)(C)C. The monoisotopic (exact) mass is 913 g/mol. The molecule has 0 aliphatic heterocycles. The van der Waals surface area contributed by atoms with E-state index in [0.29, 0.717) is 23.9 Å². The van der Waals surface area contributed by atoms with Crippen LogP contribution in [0.3, 0.4) is 0 Å². The maximum atomic E-state index is 12.7. The lowest BCUT2D eigenvalue weighted by Gasteiger charge is -2.24. The Bertz CT molecular complexity index is 1120. The lowest BCUT2D eigenvalue weighted by molar-refractivity contribution is -0.870. The van der Waals surface area contributed by atoms with Gasteiger partial charge in [0.2, 0.25) is 0 Å². The molecule has 63 heavy (non-hydrogen) atoms. The third kappa shape index (κ3) is 49.8. The Kier molecular flexibility index (Phi) is 44.5. The van der Waals surface area contributed by atoms with Crippen molar-refractivity contribution in [2.24, 2.45) is 0 Å². The van der Waals surface area contributed by atoms with Crippen molar-refractivity contribution in [1.82, 2.24) is 0 Å². The van der Waals surface area contributed by atoms with Gasteiger partial charge in [-0.05, 0) is 38.5 Å². The van der Waals surface area contributed by atoms with E-state index in [1.54, 1.807) is 0 Å². The van der Waals surface area contributed by atoms with Crippen LogP contribution in [0.1, 0.15) is 251 Å². The van der Waals surface area contributed by atoms with Gasteiger partial charge in [0.15, 0.2) is 6.10 Å². The van der Waals surface area contributed by atoms with Gasteiger partial charge in [0.05, 0.1) is 27.7 Å². The number of hydrogen-bond donors (Lipinski definition) is 1. The summed E-state index contributed by atoms with van der Waals surface area (Å²) in [5, 5.41) is 0. The van der Waals surface area contributed by atoms with Gasteiger partial charge in [-0.1, -0.05) is 224 Å². The molecule has 2 atom stereocenters. The minimum absolute atomic E-state index is 0.0308. The highest BCUT2D eigenvalue weighted by Crippen LogP contribution is 2.43. The summed E-state index contributed by atoms with van der Waals surface area (Å²) >= 11 is 0. The summed E-state index contributed by atoms with van der Waals surface area (Å²) in [6, 6.07) is 0. The quantitative estimate of drug-likeness (QED) is 0.0211. The number of phosphoric acid groups is 1. The second-order valence-electron chi connectivity index (χ2n) is 19.3. The second-order valence-corrected chi connectivity index (χ2v) is 20.7. The highest BCUT2D eigenvalue weighted by molar-refractivity contribution is 7.47. The van der Waals surface area contributed by atoms with Crippen molar-refractivity contribution in [3.63, 3.8) is 0 Å². The minimum Gasteiger partial charge on any atom is -0.462 e. The van der Waals surface area contributed by atoms with E-state index in [0.717, 1.165) is 64.2 Å². The van der Waals surface area contributed by atoms with Crippen molar-refractivity contribution < 1.29 is 42.1 Å². The Morgan fingerprint density at radius 3 is 1.30 bits per heavy atom. The summed E-state index contributed by atoms with van der Waals surface area (Å²) in [5.41, 5.74) is 0. The molecule has 0 heterocycles. The standard InChI is InChI=1S/C53H102NO8P/c1-6-8-10-12-14-16-18-20-22-23-24-25-26-27-28-29-30-31-32-34-35-37-39-41-43-45-52(55)59-49-51(50-61-63(57,58)60-48-47-54(3,4)5)62-53(56)46-44-42-40-38-36-33-21-19-17-15-13-11-9-7-2/h13,15,19,21,51H,6-12,14,16-18,20,22-50H2,1-5H3/p+1/b15-13-,21-19-. The van der Waals surface area contributed by atoms with Gasteiger partial charge in [-0.3, -0.25) is 18.6 Å². The van der Waals surface area contributed by atoms with Crippen molar-refractivity contribution in [3.05, 3.63) is 24.3 Å². The van der Waals surface area contributed by atoms with Gasteiger partial charge < -0.3 is 18.9 Å². The molecule has 0 radical (unpaired) electrons. The van der Waals surface area contributed by atoms with Crippen LogP contribution in [0.25, 0.3) is 0 Å². The molecule has 0 aliphatic rings. The van der Waals surface area contributed by atoms with Crippen LogP contribution in [-0.4, -0.2) is 74.9 Å². The van der Waals surface area contributed by atoms with Crippen LogP contribution < -0.4 is 0 Å². The zero-order valence-corrected chi connectivity index (χ0v) is 43.0. The van der Waals surface area contributed by atoms with E-state index in [1.807, 2.05) is 21.1 Å². The Balaban J connectivity index is 4.12. The van der Waals surface area contributed by atoms with Gasteiger partial charge in [0.25, 0.3) is 0 Å². The van der Waals surface area contributed by atoms with Gasteiger partial charge in [-0.15, -0.1) is 0 Å². The summed E-state index contributed by atoms with van der Waals surface area (Å²) in [5.74, 6) is -0.802. The summed E-state index contributed by atoms with van der Waals surface area (Å²) in [7, 11) is 1.48. The predicted molar refractivity (Wildman–Crippen MR) is 266 cm³/mol. The van der Waals surface area contributed by atoms with E-state index >= 15 is 0 Å². The number of rotatable bonds is 49. The van der Waals surface area contributed by atoms with E-state index in [2.05, 4.69) is 38.2 Å². The number of likely N-dealkylation sites (N-methyl/N-ethyl adjacent to an activating group) is 1. The van der Waals surface area contributed by atoms with Crippen LogP contribution >= 0.6 is 7.82 Å². The number of hydrogen-bond acceptors (Lipinski definition) is 7. The number of phosphoric ester groups is 1. The van der Waals surface area contributed by atoms with Crippen molar-refractivity contribution in [1.29, 1.82) is 0 Å². The number of carbonyl (C=O) groups excluding carboxylic acids is 2. The molecule has 0 aromatic carbocycles. The van der Waals surface area contributed by atoms with Crippen LogP contribution in [0.2, 0.25) is 0 Å². The molecular weight excluding hydrogens is 810 g/mol. The fraction of sp³-hybridized carbons (Fsp3) is 0.887. The molecule has 0 saturated heterocycles. The molecule has 0 aromatic heterocycles. The Hall–Kier alpha value is -1.51. The smallest absolute Gasteiger partial charge is 0.462 e. The van der Waals surface area contributed by atoms with Crippen molar-refractivity contribution >= 4 is 19.8 Å². The molecule has 0 spiro atoms. The molecule has 0 bridgehead atoms. The first-order valence-electron chi connectivity index (χ1n) is 26.6. The first-order chi connectivity index (χ1) is 30.5. The van der Waals surface area contributed by atoms with E-state index < -0.39 is 26.5 Å². The highest BCUT2D eigenvalue weighted by atomic mass is 31.2. The lowest BCUT2D eigenvalue weighted by Crippen LogP contribution is -2.37. The Morgan fingerprint density at radius 2 is 0.873 bits per heavy atom. The highest BCUT2D eigenvalue weighted by Gasteiger charge is 2.27. The Morgan fingerprint density at radius 1 is 0.492 bits per heavy atom. The number of nitrogens with zero attached hydrogens (tertiary/aromatic N) is 1. The maximum Gasteiger partial charge on any atom is 0.472 e. The average molecular weight is 913 g/mol. The molecule has 9 nitrogen and oxygen atoms in total. The summed E-state index contributed by atoms with van der Waals surface area (Å²) in [6.07, 6.45) is 52.4. The largest absolute Gasteiger partial charge is 0.472 e. The van der Waals surface area contributed by atoms with Crippen LogP contribution in [-0.2, 0) is 32.7 Å². The zero-order chi connectivity index (χ0) is 46.4. The fourth-order valence-electron chi connectivity index (χ4n) is 7.56. The summed E-state index contributed by atoms with van der Waals surface area (Å²) in [6.45, 7) is 4.41. The number of esters is 2. The molecule has 0 aromatic rings. The molecule has 0 aliphatic carbocycles. The van der Waals surface area contributed by atoms with E-state index in [1.165, 1.54) is 154 Å². The second kappa shape index (κ2) is 45.6. The van der Waals surface area contributed by atoms with E-state index in [4.69, 9.17) is 18.5 Å². The molecule has 0 saturated carbocycles. The van der Waals surface area contributed by atoms with Gasteiger partial charge in [-0.25, -0.2) is 4.57 Å². The van der Waals surface area contributed by atoms with Crippen molar-refractivity contribution in [3.8, 4) is 0 Å². The topological polar surface area (TPSA) is 108 Å². The molecule has 10 heteroatoms. The van der Waals surface area contributed by atoms with Gasteiger partial charge in [0.1, 0.15) is 19.8 Å². The van der Waals surface area contributed by atoms with E-state index in [-0.39, 0.29) is 25.6 Å². The van der Waals surface area contributed by atoms with Gasteiger partial charge in [0, 0.05) is 12.8 Å². The molecule has 372 valence electrons. The van der Waals surface area contributed by atoms with Crippen molar-refractivity contribution in [2.75, 3.05) is 47.5 Å². The number of carbonyl (C=O) groups is 2. The summed E-state index contributed by atoms with van der Waals surface area (Å²) in [4.78, 5) is 35.5. The predicted octanol–water partition coefficient (Wildman–Crippen LogP) is 15.9. The van der Waals surface area contributed by atoms with E-state index in [9.17, 15) is 19.0 Å². The molecule has 2 unspecified atom stereocenters. The zero-order valence-electron chi connectivity index (χ0n) is 42.1. The first kappa shape index (κ1) is 61.5. The molecule has 1 N–H and O–H groups in total. The lowest BCUT2D eigenvalue weighted by atomic mass is 10.0. The molecular formula is C53H103NO8P+. The van der Waals surface area contributed by atoms with Crippen LogP contribution in [0.4, 0.5) is 0 Å². The van der Waals surface area contributed by atoms with Gasteiger partial charge >= 0.3 is 19.8 Å².